The molecule has 0 aliphatic heterocycles. The topological polar surface area (TPSA) is 0 Å². The highest BCUT2D eigenvalue weighted by Gasteiger charge is 1.45. The van der Waals surface area contributed by atoms with Crippen LogP contribution in [0.5, 0.6) is 0 Å². The van der Waals surface area contributed by atoms with Gasteiger partial charge in [-0.15, -0.1) is 0 Å². The summed E-state index contributed by atoms with van der Waals surface area (Å²) < 4.78 is 0. The van der Waals surface area contributed by atoms with E-state index in [1.54, 1.807) is 0 Å². The Morgan fingerprint density at radius 2 is 0.174 bits per heavy atom. The third-order valence-electron chi connectivity index (χ3n) is 2.74. The first kappa shape index (κ1) is 36.1. The van der Waals surface area contributed by atoms with Gasteiger partial charge in [0, 0.05) is 149 Å². The molecule has 0 heteroatoms. The zero-order chi connectivity index (χ0) is 33.1. The second-order valence-corrected chi connectivity index (χ2v) is 5.60. The lowest BCUT2D eigenvalue weighted by molar-refractivity contribution is 2.10. The van der Waals surface area contributed by atoms with Crippen molar-refractivity contribution >= 4 is 0 Å². The van der Waals surface area contributed by atoms with Crippen molar-refractivity contribution in [2.24, 2.45) is 0 Å². The maximum Gasteiger partial charge on any atom is 0 e. The Bertz CT molecular complexity index is 2870. The van der Waals surface area contributed by atoms with E-state index >= 15 is 0 Å². The first-order valence-corrected chi connectivity index (χ1v) is 11.5. The van der Waals surface area contributed by atoms with Gasteiger partial charge < -0.3 is 0 Å². The van der Waals surface area contributed by atoms with Crippen molar-refractivity contribution in [2.45, 2.75) is 0 Å². The van der Waals surface area contributed by atoms with Crippen molar-refractivity contribution in [2.75, 3.05) is 0 Å². The van der Waals surface area contributed by atoms with E-state index in [1.807, 2.05) is 0 Å². The quantitative estimate of drug-likeness (QED) is 0.269. The molecule has 0 atom stereocenters. The zero-order valence-electron chi connectivity index (χ0n) is 23.4. The molecule has 0 saturated heterocycles. The van der Waals surface area contributed by atoms with Crippen molar-refractivity contribution in [1.29, 1.82) is 0 Å². The molecule has 0 aromatic heterocycles. The molecule has 0 saturated carbocycles. The van der Waals surface area contributed by atoms with Gasteiger partial charge in [0.15, 0.2) is 0 Å². The summed E-state index contributed by atoms with van der Waals surface area (Å²) >= 11 is 0. The molecule has 46 heavy (non-hydrogen) atoms. The highest BCUT2D eigenvalue weighted by molar-refractivity contribution is 4.96. The summed E-state index contributed by atoms with van der Waals surface area (Å²) in [7, 11) is 0. The summed E-state index contributed by atoms with van der Waals surface area (Å²) in [5, 5.41) is 0. The molecule has 0 aliphatic carbocycles. The van der Waals surface area contributed by atoms with Crippen LogP contribution in [0.4, 0.5) is 0 Å². The van der Waals surface area contributed by atoms with Gasteiger partial charge in [0.25, 0.3) is 0 Å². The van der Waals surface area contributed by atoms with E-state index in [4.69, 9.17) is 0 Å². The zero-order valence-corrected chi connectivity index (χ0v) is 23.4. The summed E-state index contributed by atoms with van der Waals surface area (Å²) in [6.07, 6.45) is 0. The van der Waals surface area contributed by atoms with Crippen LogP contribution in [0.25, 0.3) is 0 Å². The second-order valence-electron chi connectivity index (χ2n) is 5.60. The Kier molecular flexibility index (Phi) is 27.5. The van der Waals surface area contributed by atoms with Gasteiger partial charge in [0.05, 0.1) is 0 Å². The molecule has 0 unspecified atom stereocenters. The highest BCUT2D eigenvalue weighted by atomic mass is 13.5. The molecule has 0 aromatic carbocycles. The van der Waals surface area contributed by atoms with Gasteiger partial charge in [-0.1, -0.05) is 11.5 Å². The molecule has 0 aromatic rings. The Hall–Kier alpha value is -9.94. The van der Waals surface area contributed by atoms with Crippen LogP contribution in [0.1, 0.15) is 0 Å². The molecule has 0 rings (SSSR count). The Labute approximate surface area is 264 Å². The van der Waals surface area contributed by atoms with E-state index in [0.29, 0.717) is 0 Å². The van der Waals surface area contributed by atoms with Gasteiger partial charge >= 0.3 is 0 Å². The molecule has 0 fully saturated rings. The minimum atomic E-state index is 2.37. The molecule has 0 nitrogen and oxygen atoms in total. The SMILES string of the molecule is C=C=C=C=C=C=C=C=C=C=C=C=C=C=C=C=C=C=C=C=C=C=C=C=C=C=C=C=C=C=C=C=C=C=C=C=C=C=C=C=C=C=C=C=C=C. The minimum Gasteiger partial charge on any atom is -0.0687 e. The average Bonchev–Trinajstić information content (AvgIpc) is 3.07. The van der Waals surface area contributed by atoms with Gasteiger partial charge in [-0.3, -0.25) is 0 Å². The first-order valence-electron chi connectivity index (χ1n) is 11.5. The Morgan fingerprint density at radius 3 is 0.239 bits per heavy atom. The summed E-state index contributed by atoms with van der Waals surface area (Å²) in [6, 6.07) is 0. The molecule has 0 N–H and O–H groups in total. The lowest BCUT2D eigenvalue weighted by Gasteiger charge is -1.41. The molecule has 0 amide bonds. The van der Waals surface area contributed by atoms with Crippen LogP contribution in [-0.4, -0.2) is 0 Å². The Morgan fingerprint density at radius 1 is 0.109 bits per heavy atom. The van der Waals surface area contributed by atoms with Crippen molar-refractivity contribution in [3.8, 4) is 0 Å². The molecular weight excluding hydrogens is 553 g/mol. The van der Waals surface area contributed by atoms with Gasteiger partial charge in [0.1, 0.15) is 0 Å². The van der Waals surface area contributed by atoms with E-state index in [0.717, 1.165) is 0 Å². The third kappa shape index (κ3) is 34.1. The average molecular weight is 557 g/mol. The first-order chi connectivity index (χ1) is 22.9. The molecule has 0 bridgehead atoms. The van der Waals surface area contributed by atoms with Crippen LogP contribution >= 0.6 is 0 Å². The van der Waals surface area contributed by atoms with Crippen molar-refractivity contribution in [3.63, 3.8) is 0 Å². The van der Waals surface area contributed by atoms with E-state index < -0.39 is 0 Å². The van der Waals surface area contributed by atoms with Crippen LogP contribution in [0.2, 0.25) is 0 Å². The highest BCUT2D eigenvalue weighted by Crippen LogP contribution is 1.60. The number of hydrogen-bond acceptors (Lipinski definition) is 0. The molecule has 0 radical (unpaired) electrons. The van der Waals surface area contributed by atoms with Gasteiger partial charge in [-0.25, -0.2) is 0 Å². The molecule has 0 heterocycles. The molecule has 188 valence electrons. The van der Waals surface area contributed by atoms with Crippen molar-refractivity contribution in [1.82, 2.24) is 0 Å². The smallest absolute Gasteiger partial charge is 0 e. The fourth-order valence-electron chi connectivity index (χ4n) is 1.34. The van der Waals surface area contributed by atoms with E-state index in [1.165, 1.54) is 0 Å². The van der Waals surface area contributed by atoms with E-state index in [2.05, 4.69) is 265 Å². The monoisotopic (exact) mass is 556 g/mol. The van der Waals surface area contributed by atoms with Gasteiger partial charge in [-0.2, -0.15) is 0 Å². The van der Waals surface area contributed by atoms with Crippen LogP contribution in [-0.2, 0) is 0 Å². The van der Waals surface area contributed by atoms with Crippen LogP contribution in [0, 0.1) is 0 Å². The summed E-state index contributed by atoms with van der Waals surface area (Å²) in [5.74, 6) is 0. The number of rotatable bonds is 0. The van der Waals surface area contributed by atoms with Gasteiger partial charge in [0.2, 0.25) is 0 Å². The normalized spacial score (nSPS) is 3.91. The van der Waals surface area contributed by atoms with E-state index in [9.17, 15) is 0 Å². The van der Waals surface area contributed by atoms with Gasteiger partial charge in [-0.05, 0) is 105 Å². The summed E-state index contributed by atoms with van der Waals surface area (Å²) in [5.41, 5.74) is 109. The maximum absolute atomic E-state index is 3.31. The standard InChI is InChI=1S/C46H4/c1-3-5-7-9-11-13-15-17-19-21-23-25-27-29-31-33-35-37-39-41-43-45-46-44-42-40-38-36-34-32-30-28-26-24-22-20-18-16-14-12-10-8-6-4-2/h1-2H2. The molecule has 0 spiro atoms. The predicted molar refractivity (Wildman–Crippen MR) is 166 cm³/mol. The van der Waals surface area contributed by atoms with E-state index in [-0.39, 0.29) is 0 Å². The van der Waals surface area contributed by atoms with Crippen molar-refractivity contribution < 1.29 is 0 Å². The Balaban J connectivity index is 6.06. The molecular formula is C46H4. The summed E-state index contributed by atoms with van der Waals surface area (Å²) in [6.45, 7) is 6.62. The molecule has 0 aliphatic rings. The van der Waals surface area contributed by atoms with Crippen LogP contribution < -0.4 is 0 Å². The second kappa shape index (κ2) is 35.1. The van der Waals surface area contributed by atoms with Crippen LogP contribution in [0.3, 0.4) is 0 Å². The summed E-state index contributed by atoms with van der Waals surface area (Å²) in [4.78, 5) is 0. The predicted octanol–water partition coefficient (Wildman–Crippen LogP) is 7.63. The van der Waals surface area contributed by atoms with Crippen LogP contribution in [0.15, 0.2) is 265 Å². The lowest BCUT2D eigenvalue weighted by atomic mass is 10.6. The fourth-order valence-corrected chi connectivity index (χ4v) is 1.34. The maximum atomic E-state index is 3.31. The minimum absolute atomic E-state index is 2.37. The number of hydrogen-bond donors (Lipinski definition) is 0. The lowest BCUT2D eigenvalue weighted by Crippen LogP contribution is -1.25. The fraction of sp³-hybridized carbons (Fsp3) is 0. The third-order valence-corrected chi connectivity index (χ3v) is 2.74. The van der Waals surface area contributed by atoms with Crippen molar-refractivity contribution in [3.05, 3.63) is 265 Å². The largest absolute Gasteiger partial charge is 0.0687 e.